The highest BCUT2D eigenvalue weighted by Gasteiger charge is 2.17. The summed E-state index contributed by atoms with van der Waals surface area (Å²) in [5, 5.41) is 13.7. The van der Waals surface area contributed by atoms with E-state index in [1.807, 2.05) is 0 Å². The Hall–Kier alpha value is -1.00. The van der Waals surface area contributed by atoms with E-state index in [9.17, 15) is 16.8 Å². The van der Waals surface area contributed by atoms with Crippen LogP contribution in [0.2, 0.25) is 0 Å². The standard InChI is InChI=1S/C11H18N2O5S2/c1-9(5-6-14)8-13-20(17,18)11-4-2-3-10(7-11)19(12,15)16/h2-4,7,9,13-14H,5-6,8H2,1H3,(H2,12,15,16). The van der Waals surface area contributed by atoms with Gasteiger partial charge in [-0.1, -0.05) is 13.0 Å². The van der Waals surface area contributed by atoms with Crippen molar-refractivity contribution in [3.8, 4) is 0 Å². The lowest BCUT2D eigenvalue weighted by atomic mass is 10.1. The van der Waals surface area contributed by atoms with E-state index in [0.717, 1.165) is 6.07 Å². The van der Waals surface area contributed by atoms with Crippen LogP contribution in [0.1, 0.15) is 13.3 Å². The summed E-state index contributed by atoms with van der Waals surface area (Å²) in [5.74, 6) is -0.0313. The molecule has 9 heteroatoms. The summed E-state index contributed by atoms with van der Waals surface area (Å²) in [5.41, 5.74) is 0. The Morgan fingerprint density at radius 3 is 2.40 bits per heavy atom. The van der Waals surface area contributed by atoms with Crippen LogP contribution >= 0.6 is 0 Å². The van der Waals surface area contributed by atoms with Crippen molar-refractivity contribution in [1.29, 1.82) is 0 Å². The van der Waals surface area contributed by atoms with Crippen LogP contribution in [0.15, 0.2) is 34.1 Å². The second-order valence-electron chi connectivity index (χ2n) is 4.49. The molecule has 1 aromatic carbocycles. The molecule has 0 bridgehead atoms. The van der Waals surface area contributed by atoms with Gasteiger partial charge in [-0.25, -0.2) is 26.7 Å². The molecule has 0 saturated heterocycles. The fourth-order valence-corrected chi connectivity index (χ4v) is 3.32. The van der Waals surface area contributed by atoms with Gasteiger partial charge in [-0.05, 0) is 30.5 Å². The minimum Gasteiger partial charge on any atom is -0.396 e. The quantitative estimate of drug-likeness (QED) is 0.631. The number of aliphatic hydroxyl groups is 1. The van der Waals surface area contributed by atoms with E-state index >= 15 is 0 Å². The van der Waals surface area contributed by atoms with Gasteiger partial charge >= 0.3 is 0 Å². The second kappa shape index (κ2) is 6.64. The Balaban J connectivity index is 2.94. The Bertz CT molecular complexity index is 655. The zero-order chi connectivity index (χ0) is 15.4. The number of sulfonamides is 2. The lowest BCUT2D eigenvalue weighted by Crippen LogP contribution is -2.29. The second-order valence-corrected chi connectivity index (χ2v) is 7.82. The topological polar surface area (TPSA) is 127 Å². The lowest BCUT2D eigenvalue weighted by molar-refractivity contribution is 0.263. The molecule has 0 fully saturated rings. The van der Waals surface area contributed by atoms with E-state index in [2.05, 4.69) is 4.72 Å². The molecule has 1 atom stereocenters. The number of aliphatic hydroxyl groups excluding tert-OH is 1. The van der Waals surface area contributed by atoms with E-state index < -0.39 is 20.0 Å². The molecule has 20 heavy (non-hydrogen) atoms. The lowest BCUT2D eigenvalue weighted by Gasteiger charge is -2.12. The number of hydrogen-bond acceptors (Lipinski definition) is 5. The van der Waals surface area contributed by atoms with Crippen LogP contribution < -0.4 is 9.86 Å². The molecule has 0 aromatic heterocycles. The van der Waals surface area contributed by atoms with E-state index in [0.29, 0.717) is 6.42 Å². The van der Waals surface area contributed by atoms with Crippen molar-refractivity contribution in [2.24, 2.45) is 11.1 Å². The SMILES string of the molecule is CC(CCO)CNS(=O)(=O)c1cccc(S(N)(=O)=O)c1. The molecule has 0 aliphatic heterocycles. The molecule has 0 radical (unpaired) electrons. The fourth-order valence-electron chi connectivity index (χ4n) is 1.48. The molecular formula is C11H18N2O5S2. The molecule has 1 aromatic rings. The molecular weight excluding hydrogens is 304 g/mol. The number of benzene rings is 1. The first-order valence-corrected chi connectivity index (χ1v) is 8.93. The number of rotatable bonds is 7. The largest absolute Gasteiger partial charge is 0.396 e. The molecule has 1 rings (SSSR count). The Morgan fingerprint density at radius 1 is 1.25 bits per heavy atom. The third-order valence-electron chi connectivity index (χ3n) is 2.69. The molecule has 4 N–H and O–H groups in total. The predicted octanol–water partition coefficient (Wildman–Crippen LogP) is -0.369. The first kappa shape index (κ1) is 17.1. The van der Waals surface area contributed by atoms with Crippen molar-refractivity contribution in [3.63, 3.8) is 0 Å². The van der Waals surface area contributed by atoms with Crippen LogP contribution in [0.5, 0.6) is 0 Å². The third-order valence-corrected chi connectivity index (χ3v) is 5.02. The fraction of sp³-hybridized carbons (Fsp3) is 0.455. The van der Waals surface area contributed by atoms with Crippen molar-refractivity contribution >= 4 is 20.0 Å². The summed E-state index contributed by atoms with van der Waals surface area (Å²) >= 11 is 0. The highest BCUT2D eigenvalue weighted by atomic mass is 32.2. The van der Waals surface area contributed by atoms with Crippen molar-refractivity contribution in [1.82, 2.24) is 4.72 Å². The first-order chi connectivity index (χ1) is 9.16. The normalized spacial score (nSPS) is 14.2. The molecule has 0 saturated carbocycles. The van der Waals surface area contributed by atoms with Gasteiger partial charge < -0.3 is 5.11 Å². The molecule has 0 heterocycles. The van der Waals surface area contributed by atoms with Gasteiger partial charge in [0.15, 0.2) is 0 Å². The van der Waals surface area contributed by atoms with Gasteiger partial charge in [0.25, 0.3) is 0 Å². The molecule has 7 nitrogen and oxygen atoms in total. The summed E-state index contributed by atoms with van der Waals surface area (Å²) < 4.78 is 48.8. The third kappa shape index (κ3) is 4.84. The van der Waals surface area contributed by atoms with E-state index in [1.54, 1.807) is 6.92 Å². The summed E-state index contributed by atoms with van der Waals surface area (Å²) in [6, 6.07) is 4.83. The summed E-state index contributed by atoms with van der Waals surface area (Å²) in [7, 11) is -7.76. The average molecular weight is 322 g/mol. The van der Waals surface area contributed by atoms with Crippen LogP contribution in [0.3, 0.4) is 0 Å². The van der Waals surface area contributed by atoms with Crippen molar-refractivity contribution < 1.29 is 21.9 Å². The number of nitrogens with one attached hydrogen (secondary N) is 1. The van der Waals surface area contributed by atoms with Crippen LogP contribution in [0.25, 0.3) is 0 Å². The van der Waals surface area contributed by atoms with E-state index in [1.165, 1.54) is 18.2 Å². The molecule has 0 amide bonds. The Kier molecular flexibility index (Phi) is 5.66. The summed E-state index contributed by atoms with van der Waals surface area (Å²) in [4.78, 5) is -0.427. The van der Waals surface area contributed by atoms with Crippen molar-refractivity contribution in [2.45, 2.75) is 23.1 Å². The monoisotopic (exact) mass is 322 g/mol. The Labute approximate surface area is 118 Å². The van der Waals surface area contributed by atoms with E-state index in [-0.39, 0.29) is 28.9 Å². The maximum atomic E-state index is 12.0. The molecule has 114 valence electrons. The first-order valence-electron chi connectivity index (χ1n) is 5.90. The molecule has 1 unspecified atom stereocenters. The highest BCUT2D eigenvalue weighted by Crippen LogP contribution is 2.14. The van der Waals surface area contributed by atoms with Crippen LogP contribution in [0, 0.1) is 5.92 Å². The molecule has 0 spiro atoms. The van der Waals surface area contributed by atoms with Gasteiger partial charge in [0, 0.05) is 13.2 Å². The average Bonchev–Trinajstić information content (AvgIpc) is 2.36. The minimum atomic E-state index is -3.95. The molecule has 0 aliphatic rings. The number of hydrogen-bond donors (Lipinski definition) is 3. The number of nitrogens with two attached hydrogens (primary N) is 1. The zero-order valence-electron chi connectivity index (χ0n) is 11.0. The van der Waals surface area contributed by atoms with Crippen LogP contribution in [-0.4, -0.2) is 35.1 Å². The summed E-state index contributed by atoms with van der Waals surface area (Å²) in [6.07, 6.45) is 0.472. The van der Waals surface area contributed by atoms with Crippen LogP contribution in [-0.2, 0) is 20.0 Å². The minimum absolute atomic E-state index is 0.0240. The van der Waals surface area contributed by atoms with Crippen molar-refractivity contribution in [3.05, 3.63) is 24.3 Å². The maximum Gasteiger partial charge on any atom is 0.240 e. The van der Waals surface area contributed by atoms with Crippen molar-refractivity contribution in [2.75, 3.05) is 13.2 Å². The Morgan fingerprint density at radius 2 is 1.85 bits per heavy atom. The zero-order valence-corrected chi connectivity index (χ0v) is 12.6. The van der Waals surface area contributed by atoms with Gasteiger partial charge in [-0.3, -0.25) is 0 Å². The van der Waals surface area contributed by atoms with E-state index in [4.69, 9.17) is 10.2 Å². The number of primary sulfonamides is 1. The van der Waals surface area contributed by atoms with Gasteiger partial charge in [0.1, 0.15) is 0 Å². The highest BCUT2D eigenvalue weighted by molar-refractivity contribution is 7.90. The predicted molar refractivity (Wildman–Crippen MR) is 73.9 cm³/mol. The van der Waals surface area contributed by atoms with Gasteiger partial charge in [0.2, 0.25) is 20.0 Å². The van der Waals surface area contributed by atoms with Gasteiger partial charge in [-0.15, -0.1) is 0 Å². The molecule has 0 aliphatic carbocycles. The van der Waals surface area contributed by atoms with Gasteiger partial charge in [0.05, 0.1) is 9.79 Å². The van der Waals surface area contributed by atoms with Gasteiger partial charge in [-0.2, -0.15) is 0 Å². The smallest absolute Gasteiger partial charge is 0.240 e. The summed E-state index contributed by atoms with van der Waals surface area (Å²) in [6.45, 7) is 1.92. The maximum absolute atomic E-state index is 12.0. The van der Waals surface area contributed by atoms with Crippen LogP contribution in [0.4, 0.5) is 0 Å².